The van der Waals surface area contributed by atoms with Crippen LogP contribution in [-0.4, -0.2) is 0 Å². The fourth-order valence-electron chi connectivity index (χ4n) is 2.29. The number of rotatable bonds is 3. The van der Waals surface area contributed by atoms with E-state index in [4.69, 9.17) is 20.8 Å². The van der Waals surface area contributed by atoms with E-state index < -0.39 is 0 Å². The largest absolute Gasteiger partial charge is 0.489 e. The molecule has 0 aliphatic rings. The smallest absolute Gasteiger partial charge is 0.336 e. The molecule has 2 aromatic carbocycles. The minimum Gasteiger partial charge on any atom is -0.489 e. The molecule has 4 heteroatoms. The first kappa shape index (κ1) is 14.7. The topological polar surface area (TPSA) is 39.4 Å². The van der Waals surface area contributed by atoms with Gasteiger partial charge in [-0.25, -0.2) is 4.79 Å². The van der Waals surface area contributed by atoms with Crippen molar-refractivity contribution in [2.24, 2.45) is 0 Å². The van der Waals surface area contributed by atoms with Crippen LogP contribution in [-0.2, 0) is 6.61 Å². The molecule has 0 bridgehead atoms. The van der Waals surface area contributed by atoms with Crippen molar-refractivity contribution in [3.8, 4) is 5.75 Å². The molecule has 0 saturated heterocycles. The molecule has 3 rings (SSSR count). The van der Waals surface area contributed by atoms with Crippen molar-refractivity contribution in [2.45, 2.75) is 20.5 Å². The average molecular weight is 315 g/mol. The molecule has 0 unspecified atom stereocenters. The van der Waals surface area contributed by atoms with Crippen molar-refractivity contribution in [2.75, 3.05) is 0 Å². The van der Waals surface area contributed by atoms with Crippen LogP contribution in [0.3, 0.4) is 0 Å². The third-order valence-electron chi connectivity index (χ3n) is 3.65. The van der Waals surface area contributed by atoms with Crippen LogP contribution in [0.1, 0.15) is 16.7 Å². The van der Waals surface area contributed by atoms with Crippen LogP contribution < -0.4 is 10.4 Å². The Kier molecular flexibility index (Phi) is 3.90. The van der Waals surface area contributed by atoms with Gasteiger partial charge in [-0.15, -0.1) is 0 Å². The lowest BCUT2D eigenvalue weighted by Gasteiger charge is -2.10. The first-order chi connectivity index (χ1) is 10.5. The zero-order valence-electron chi connectivity index (χ0n) is 12.4. The number of fused-ring (bicyclic) bond motifs is 1. The van der Waals surface area contributed by atoms with E-state index in [0.717, 1.165) is 22.1 Å². The molecule has 1 aromatic heterocycles. The Morgan fingerprint density at radius 1 is 1.05 bits per heavy atom. The summed E-state index contributed by atoms with van der Waals surface area (Å²) in [5, 5.41) is 1.56. The lowest BCUT2D eigenvalue weighted by molar-refractivity contribution is 0.306. The van der Waals surface area contributed by atoms with Crippen molar-refractivity contribution in [1.82, 2.24) is 0 Å². The summed E-state index contributed by atoms with van der Waals surface area (Å²) in [7, 11) is 0. The SMILES string of the molecule is Cc1cc2oc(=O)cc(COc3ccc(Cl)cc3)c2cc1C. The summed E-state index contributed by atoms with van der Waals surface area (Å²) in [6.45, 7) is 4.32. The van der Waals surface area contributed by atoms with Gasteiger partial charge in [-0.1, -0.05) is 11.6 Å². The Morgan fingerprint density at radius 3 is 2.45 bits per heavy atom. The van der Waals surface area contributed by atoms with Gasteiger partial charge in [0.15, 0.2) is 0 Å². The van der Waals surface area contributed by atoms with Crippen LogP contribution in [0.15, 0.2) is 51.7 Å². The van der Waals surface area contributed by atoms with Crippen molar-refractivity contribution < 1.29 is 9.15 Å². The van der Waals surface area contributed by atoms with Crippen LogP contribution in [0.5, 0.6) is 5.75 Å². The average Bonchev–Trinajstić information content (AvgIpc) is 2.48. The Hall–Kier alpha value is -2.26. The highest BCUT2D eigenvalue weighted by molar-refractivity contribution is 6.30. The fraction of sp³-hybridized carbons (Fsp3) is 0.167. The van der Waals surface area contributed by atoms with Gasteiger partial charge in [0, 0.05) is 22.0 Å². The zero-order valence-corrected chi connectivity index (χ0v) is 13.1. The molecule has 0 N–H and O–H groups in total. The van der Waals surface area contributed by atoms with Gasteiger partial charge >= 0.3 is 5.63 Å². The molecule has 1 heterocycles. The van der Waals surface area contributed by atoms with E-state index in [1.54, 1.807) is 24.3 Å². The van der Waals surface area contributed by atoms with E-state index in [1.165, 1.54) is 6.07 Å². The predicted molar refractivity (Wildman–Crippen MR) is 87.7 cm³/mol. The summed E-state index contributed by atoms with van der Waals surface area (Å²) < 4.78 is 11.0. The lowest BCUT2D eigenvalue weighted by Crippen LogP contribution is -2.04. The van der Waals surface area contributed by atoms with Crippen LogP contribution in [0.25, 0.3) is 11.0 Å². The third kappa shape index (κ3) is 3.00. The van der Waals surface area contributed by atoms with E-state index in [2.05, 4.69) is 0 Å². The molecule has 112 valence electrons. The summed E-state index contributed by atoms with van der Waals surface area (Å²) in [6.07, 6.45) is 0. The standard InChI is InChI=1S/C18H15ClO3/c1-11-7-16-13(9-18(20)22-17(16)8-12(11)2)10-21-15-5-3-14(19)4-6-15/h3-9H,10H2,1-2H3. The van der Waals surface area contributed by atoms with E-state index in [-0.39, 0.29) is 5.63 Å². The normalized spacial score (nSPS) is 10.9. The van der Waals surface area contributed by atoms with Gasteiger partial charge in [0.05, 0.1) is 0 Å². The molecular formula is C18H15ClO3. The minimum atomic E-state index is -0.370. The minimum absolute atomic E-state index is 0.298. The molecule has 3 nitrogen and oxygen atoms in total. The number of hydrogen-bond donors (Lipinski definition) is 0. The van der Waals surface area contributed by atoms with Crippen LogP contribution in [0, 0.1) is 13.8 Å². The monoisotopic (exact) mass is 314 g/mol. The molecule has 22 heavy (non-hydrogen) atoms. The van der Waals surface area contributed by atoms with Gasteiger partial charge < -0.3 is 9.15 Å². The van der Waals surface area contributed by atoms with Gasteiger partial charge in [-0.3, -0.25) is 0 Å². The molecule has 0 aliphatic heterocycles. The molecule has 0 spiro atoms. The number of hydrogen-bond acceptors (Lipinski definition) is 3. The maximum atomic E-state index is 11.7. The van der Waals surface area contributed by atoms with Crippen molar-refractivity contribution in [3.05, 3.63) is 74.6 Å². The van der Waals surface area contributed by atoms with Crippen molar-refractivity contribution in [1.29, 1.82) is 0 Å². The van der Waals surface area contributed by atoms with Crippen molar-refractivity contribution in [3.63, 3.8) is 0 Å². The Bertz CT molecular complexity index is 879. The zero-order chi connectivity index (χ0) is 15.7. The van der Waals surface area contributed by atoms with Gasteiger partial charge in [0.2, 0.25) is 0 Å². The van der Waals surface area contributed by atoms with Gasteiger partial charge in [-0.2, -0.15) is 0 Å². The summed E-state index contributed by atoms with van der Waals surface area (Å²) >= 11 is 5.85. The summed E-state index contributed by atoms with van der Waals surface area (Å²) in [5.41, 5.74) is 3.26. The Labute approximate surface area is 133 Å². The maximum absolute atomic E-state index is 11.7. The van der Waals surface area contributed by atoms with E-state index in [1.807, 2.05) is 26.0 Å². The predicted octanol–water partition coefficient (Wildman–Crippen LogP) is 4.64. The molecule has 0 aliphatic carbocycles. The number of aryl methyl sites for hydroxylation is 2. The highest BCUT2D eigenvalue weighted by Crippen LogP contribution is 2.23. The van der Waals surface area contributed by atoms with Crippen LogP contribution >= 0.6 is 11.6 Å². The number of halogens is 1. The highest BCUT2D eigenvalue weighted by Gasteiger charge is 2.08. The Morgan fingerprint density at radius 2 is 1.73 bits per heavy atom. The molecule has 0 atom stereocenters. The molecule has 0 saturated carbocycles. The Balaban J connectivity index is 1.97. The second-order valence-corrected chi connectivity index (χ2v) is 5.70. The first-order valence-corrected chi connectivity index (χ1v) is 7.33. The molecule has 0 radical (unpaired) electrons. The highest BCUT2D eigenvalue weighted by atomic mass is 35.5. The molecular weight excluding hydrogens is 300 g/mol. The summed E-state index contributed by atoms with van der Waals surface area (Å²) in [5.74, 6) is 0.703. The third-order valence-corrected chi connectivity index (χ3v) is 3.90. The van der Waals surface area contributed by atoms with E-state index in [9.17, 15) is 4.79 Å². The van der Waals surface area contributed by atoms with Crippen LogP contribution in [0.2, 0.25) is 5.02 Å². The molecule has 0 amide bonds. The van der Waals surface area contributed by atoms with Gasteiger partial charge in [-0.05, 0) is 61.4 Å². The molecule has 0 fully saturated rings. The van der Waals surface area contributed by atoms with Crippen LogP contribution in [0.4, 0.5) is 0 Å². The van der Waals surface area contributed by atoms with E-state index >= 15 is 0 Å². The van der Waals surface area contributed by atoms with Crippen molar-refractivity contribution >= 4 is 22.6 Å². The fourth-order valence-corrected chi connectivity index (χ4v) is 2.42. The second kappa shape index (κ2) is 5.85. The molecule has 3 aromatic rings. The quantitative estimate of drug-likeness (QED) is 0.661. The van der Waals surface area contributed by atoms with Gasteiger partial charge in [0.1, 0.15) is 17.9 Å². The lowest BCUT2D eigenvalue weighted by atomic mass is 10.0. The summed E-state index contributed by atoms with van der Waals surface area (Å²) in [4.78, 5) is 11.7. The number of ether oxygens (including phenoxy) is 1. The second-order valence-electron chi connectivity index (χ2n) is 5.27. The van der Waals surface area contributed by atoms with Gasteiger partial charge in [0.25, 0.3) is 0 Å². The van der Waals surface area contributed by atoms with E-state index in [0.29, 0.717) is 23.0 Å². The maximum Gasteiger partial charge on any atom is 0.336 e. The first-order valence-electron chi connectivity index (χ1n) is 6.95. The summed E-state index contributed by atoms with van der Waals surface area (Å²) in [6, 6.07) is 12.5. The number of benzene rings is 2.